The van der Waals surface area contributed by atoms with Gasteiger partial charge in [0.05, 0.1) is 22.5 Å². The zero-order chi connectivity index (χ0) is 11.5. The van der Waals surface area contributed by atoms with Gasteiger partial charge in [0.2, 0.25) is 0 Å². The predicted octanol–water partition coefficient (Wildman–Crippen LogP) is 2.62. The minimum atomic E-state index is -0.232. The number of amides is 1. The van der Waals surface area contributed by atoms with Crippen LogP contribution in [0.3, 0.4) is 0 Å². The molecule has 0 atom stereocenters. The number of benzene rings is 1. The van der Waals surface area contributed by atoms with Crippen LogP contribution in [0, 0.1) is 6.92 Å². The van der Waals surface area contributed by atoms with Crippen LogP contribution < -0.4 is 5.32 Å². The monoisotopic (exact) mass is 235 g/mol. The number of para-hydroxylation sites is 1. The van der Waals surface area contributed by atoms with Gasteiger partial charge in [-0.25, -0.2) is 0 Å². The van der Waals surface area contributed by atoms with Gasteiger partial charge in [-0.3, -0.25) is 9.89 Å². The summed E-state index contributed by atoms with van der Waals surface area (Å²) in [5.41, 5.74) is 2.03. The average molecular weight is 236 g/mol. The fourth-order valence-electron chi connectivity index (χ4n) is 1.35. The van der Waals surface area contributed by atoms with Crippen molar-refractivity contribution in [3.63, 3.8) is 0 Å². The molecule has 0 aliphatic carbocycles. The van der Waals surface area contributed by atoms with Crippen molar-refractivity contribution < 1.29 is 4.79 Å². The van der Waals surface area contributed by atoms with Gasteiger partial charge in [0.15, 0.2) is 0 Å². The quantitative estimate of drug-likeness (QED) is 0.841. The summed E-state index contributed by atoms with van der Waals surface area (Å²) in [5.74, 6) is -0.232. The Morgan fingerprint density at radius 1 is 1.50 bits per heavy atom. The molecule has 0 unspecified atom stereocenters. The van der Waals surface area contributed by atoms with Crippen molar-refractivity contribution in [1.29, 1.82) is 0 Å². The second kappa shape index (κ2) is 4.37. The Bertz CT molecular complexity index is 488. The molecule has 4 nitrogen and oxygen atoms in total. The summed E-state index contributed by atoms with van der Waals surface area (Å²) in [7, 11) is 0. The first-order chi connectivity index (χ1) is 7.68. The molecule has 0 saturated carbocycles. The average Bonchev–Trinajstić information content (AvgIpc) is 2.76. The second-order valence-corrected chi connectivity index (χ2v) is 3.78. The van der Waals surface area contributed by atoms with Gasteiger partial charge < -0.3 is 5.32 Å². The summed E-state index contributed by atoms with van der Waals surface area (Å²) in [4.78, 5) is 11.7. The number of nitrogens with one attached hydrogen (secondary N) is 2. The van der Waals surface area contributed by atoms with Crippen LogP contribution in [0.25, 0.3) is 0 Å². The first-order valence-electron chi connectivity index (χ1n) is 4.73. The van der Waals surface area contributed by atoms with E-state index in [0.717, 1.165) is 5.56 Å². The maximum atomic E-state index is 11.7. The van der Waals surface area contributed by atoms with E-state index >= 15 is 0 Å². The van der Waals surface area contributed by atoms with E-state index in [1.807, 2.05) is 19.1 Å². The Hall–Kier alpha value is -1.81. The number of halogens is 1. The molecule has 0 fully saturated rings. The predicted molar refractivity (Wildman–Crippen MR) is 62.7 cm³/mol. The number of anilines is 1. The highest BCUT2D eigenvalue weighted by molar-refractivity contribution is 6.34. The Morgan fingerprint density at radius 3 is 2.94 bits per heavy atom. The fourth-order valence-corrected chi connectivity index (χ4v) is 1.62. The largest absolute Gasteiger partial charge is 0.320 e. The molecule has 1 aromatic carbocycles. The summed E-state index contributed by atoms with van der Waals surface area (Å²) in [6.07, 6.45) is 2.99. The molecule has 1 aromatic heterocycles. The third-order valence-electron chi connectivity index (χ3n) is 2.22. The molecular weight excluding hydrogens is 226 g/mol. The van der Waals surface area contributed by atoms with E-state index in [0.29, 0.717) is 16.3 Å². The molecule has 2 aromatic rings. The molecule has 0 radical (unpaired) electrons. The minimum absolute atomic E-state index is 0.232. The zero-order valence-electron chi connectivity index (χ0n) is 8.62. The van der Waals surface area contributed by atoms with Gasteiger partial charge in [0.1, 0.15) is 0 Å². The lowest BCUT2D eigenvalue weighted by Gasteiger charge is -2.08. The molecule has 0 saturated heterocycles. The minimum Gasteiger partial charge on any atom is -0.320 e. The third-order valence-corrected chi connectivity index (χ3v) is 2.54. The van der Waals surface area contributed by atoms with Crippen LogP contribution >= 0.6 is 11.6 Å². The summed E-state index contributed by atoms with van der Waals surface area (Å²) in [6, 6.07) is 5.46. The third kappa shape index (κ3) is 2.06. The normalized spacial score (nSPS) is 10.1. The van der Waals surface area contributed by atoms with Gasteiger partial charge in [-0.2, -0.15) is 5.10 Å². The van der Waals surface area contributed by atoms with E-state index < -0.39 is 0 Å². The van der Waals surface area contributed by atoms with Crippen molar-refractivity contribution in [3.05, 3.63) is 46.7 Å². The van der Waals surface area contributed by atoms with E-state index in [1.165, 1.54) is 12.4 Å². The Labute approximate surface area is 97.6 Å². The van der Waals surface area contributed by atoms with Crippen LogP contribution in [0.1, 0.15) is 15.9 Å². The van der Waals surface area contributed by atoms with Crippen molar-refractivity contribution >= 4 is 23.2 Å². The molecule has 82 valence electrons. The number of rotatable bonds is 2. The highest BCUT2D eigenvalue weighted by atomic mass is 35.5. The van der Waals surface area contributed by atoms with E-state index in [1.54, 1.807) is 6.07 Å². The van der Waals surface area contributed by atoms with Crippen molar-refractivity contribution in [3.8, 4) is 0 Å². The topological polar surface area (TPSA) is 57.8 Å². The summed E-state index contributed by atoms with van der Waals surface area (Å²) < 4.78 is 0. The van der Waals surface area contributed by atoms with Crippen molar-refractivity contribution in [2.24, 2.45) is 0 Å². The number of H-pyrrole nitrogens is 1. The number of aryl methyl sites for hydroxylation is 1. The smallest absolute Gasteiger partial charge is 0.258 e. The standard InChI is InChI=1S/C11H10ClN3O/c1-7-3-2-4-9(12)10(7)15-11(16)8-5-13-14-6-8/h2-6H,1H3,(H,13,14)(H,15,16). The maximum absolute atomic E-state index is 11.7. The zero-order valence-corrected chi connectivity index (χ0v) is 9.38. The first-order valence-corrected chi connectivity index (χ1v) is 5.11. The van der Waals surface area contributed by atoms with Crippen LogP contribution in [0.5, 0.6) is 0 Å². The second-order valence-electron chi connectivity index (χ2n) is 3.37. The summed E-state index contributed by atoms with van der Waals surface area (Å²) >= 11 is 6.00. The van der Waals surface area contributed by atoms with Gasteiger partial charge in [-0.1, -0.05) is 23.7 Å². The number of nitrogens with zero attached hydrogens (tertiary/aromatic N) is 1. The van der Waals surface area contributed by atoms with E-state index in [9.17, 15) is 4.79 Å². The van der Waals surface area contributed by atoms with Crippen molar-refractivity contribution in [2.75, 3.05) is 5.32 Å². The maximum Gasteiger partial charge on any atom is 0.258 e. The lowest BCUT2D eigenvalue weighted by Crippen LogP contribution is -2.12. The molecule has 1 heterocycles. The highest BCUT2D eigenvalue weighted by Gasteiger charge is 2.10. The lowest BCUT2D eigenvalue weighted by atomic mass is 10.2. The van der Waals surface area contributed by atoms with Crippen molar-refractivity contribution in [1.82, 2.24) is 10.2 Å². The highest BCUT2D eigenvalue weighted by Crippen LogP contribution is 2.25. The van der Waals surface area contributed by atoms with E-state index in [4.69, 9.17) is 11.6 Å². The number of aromatic nitrogens is 2. The molecule has 5 heteroatoms. The van der Waals surface area contributed by atoms with E-state index in [-0.39, 0.29) is 5.91 Å². The lowest BCUT2D eigenvalue weighted by molar-refractivity contribution is 0.102. The van der Waals surface area contributed by atoms with Crippen LogP contribution in [0.15, 0.2) is 30.6 Å². The van der Waals surface area contributed by atoms with Crippen LogP contribution in [0.2, 0.25) is 5.02 Å². The van der Waals surface area contributed by atoms with E-state index in [2.05, 4.69) is 15.5 Å². The molecule has 16 heavy (non-hydrogen) atoms. The number of carbonyl (C=O) groups excluding carboxylic acids is 1. The molecule has 0 aliphatic heterocycles. The number of carbonyl (C=O) groups is 1. The van der Waals surface area contributed by atoms with Crippen LogP contribution in [-0.4, -0.2) is 16.1 Å². The van der Waals surface area contributed by atoms with Gasteiger partial charge in [0, 0.05) is 6.20 Å². The molecule has 0 bridgehead atoms. The molecule has 0 spiro atoms. The molecule has 2 N–H and O–H groups in total. The summed E-state index contributed by atoms with van der Waals surface area (Å²) in [6.45, 7) is 1.89. The Morgan fingerprint density at radius 2 is 2.31 bits per heavy atom. The van der Waals surface area contributed by atoms with Gasteiger partial charge in [-0.05, 0) is 18.6 Å². The van der Waals surface area contributed by atoms with Gasteiger partial charge in [-0.15, -0.1) is 0 Å². The Kier molecular flexibility index (Phi) is 2.92. The Balaban J connectivity index is 2.25. The van der Waals surface area contributed by atoms with Crippen molar-refractivity contribution in [2.45, 2.75) is 6.92 Å². The molecule has 1 amide bonds. The van der Waals surface area contributed by atoms with Gasteiger partial charge >= 0.3 is 0 Å². The number of aromatic amines is 1. The number of hydrogen-bond acceptors (Lipinski definition) is 2. The van der Waals surface area contributed by atoms with Gasteiger partial charge in [0.25, 0.3) is 5.91 Å². The first kappa shape index (κ1) is 10.7. The summed E-state index contributed by atoms with van der Waals surface area (Å²) in [5, 5.41) is 9.57. The number of hydrogen-bond donors (Lipinski definition) is 2. The van der Waals surface area contributed by atoms with Crippen LogP contribution in [-0.2, 0) is 0 Å². The molecule has 0 aliphatic rings. The molecule has 2 rings (SSSR count). The SMILES string of the molecule is Cc1cccc(Cl)c1NC(=O)c1cn[nH]c1. The molecular formula is C11H10ClN3O. The van der Waals surface area contributed by atoms with Crippen LogP contribution in [0.4, 0.5) is 5.69 Å². The fraction of sp³-hybridized carbons (Fsp3) is 0.0909.